The molecule has 0 amide bonds. The lowest BCUT2D eigenvalue weighted by Gasteiger charge is -2.23. The molecule has 0 bridgehead atoms. The first-order chi connectivity index (χ1) is 6.93. The number of aromatic nitrogens is 1. The highest BCUT2D eigenvalue weighted by Gasteiger charge is 2.26. The normalized spacial score (nSPS) is 24.0. The Balaban J connectivity index is 1.75. The van der Waals surface area contributed by atoms with Crippen molar-refractivity contribution >= 4 is 0 Å². The molecule has 1 aliphatic carbocycles. The van der Waals surface area contributed by atoms with Gasteiger partial charge in [-0.3, -0.25) is 0 Å². The van der Waals surface area contributed by atoms with Crippen molar-refractivity contribution in [2.45, 2.75) is 37.5 Å². The van der Waals surface area contributed by atoms with Crippen molar-refractivity contribution < 1.29 is 4.42 Å². The summed E-state index contributed by atoms with van der Waals surface area (Å²) in [7, 11) is 0. The molecule has 2 aliphatic rings. The van der Waals surface area contributed by atoms with E-state index in [1.807, 2.05) is 6.20 Å². The van der Waals surface area contributed by atoms with Gasteiger partial charge in [-0.15, -0.1) is 0 Å². The number of nitrogens with one attached hydrogen (secondary N) is 1. The zero-order valence-electron chi connectivity index (χ0n) is 8.33. The van der Waals surface area contributed by atoms with Gasteiger partial charge in [-0.05, 0) is 12.8 Å². The zero-order chi connectivity index (χ0) is 9.38. The van der Waals surface area contributed by atoms with E-state index in [1.165, 1.54) is 25.7 Å². The van der Waals surface area contributed by atoms with Crippen molar-refractivity contribution in [3.05, 3.63) is 17.8 Å². The predicted molar refractivity (Wildman–Crippen MR) is 53.3 cm³/mol. The standard InChI is InChI=1S/C11H16N2O/c1-2-4-8(3-1)10-7-13-11(14-10)9-5-12-6-9/h7-9,12H,1-6H2. The second-order valence-electron chi connectivity index (χ2n) is 4.44. The van der Waals surface area contributed by atoms with E-state index in [1.54, 1.807) is 0 Å². The first kappa shape index (κ1) is 8.48. The Hall–Kier alpha value is -0.830. The van der Waals surface area contributed by atoms with Crippen LogP contribution in [0.1, 0.15) is 49.2 Å². The first-order valence-corrected chi connectivity index (χ1v) is 5.60. The van der Waals surface area contributed by atoms with Crippen LogP contribution in [0.2, 0.25) is 0 Å². The van der Waals surface area contributed by atoms with E-state index in [-0.39, 0.29) is 0 Å². The summed E-state index contributed by atoms with van der Waals surface area (Å²) >= 11 is 0. The summed E-state index contributed by atoms with van der Waals surface area (Å²) in [6.45, 7) is 2.06. The summed E-state index contributed by atoms with van der Waals surface area (Å²) in [5, 5.41) is 3.24. The van der Waals surface area contributed by atoms with E-state index < -0.39 is 0 Å². The molecule has 1 saturated heterocycles. The van der Waals surface area contributed by atoms with Crippen LogP contribution in [0.15, 0.2) is 10.6 Å². The van der Waals surface area contributed by atoms with Gasteiger partial charge < -0.3 is 9.73 Å². The minimum Gasteiger partial charge on any atom is -0.445 e. The lowest BCUT2D eigenvalue weighted by Crippen LogP contribution is -2.40. The van der Waals surface area contributed by atoms with Crippen molar-refractivity contribution in [3.63, 3.8) is 0 Å². The summed E-state index contributed by atoms with van der Waals surface area (Å²) in [6.07, 6.45) is 7.23. The van der Waals surface area contributed by atoms with Gasteiger partial charge in [0.25, 0.3) is 0 Å². The van der Waals surface area contributed by atoms with E-state index in [0.29, 0.717) is 11.8 Å². The molecule has 1 aromatic heterocycles. The van der Waals surface area contributed by atoms with Gasteiger partial charge in [0.1, 0.15) is 5.76 Å². The van der Waals surface area contributed by atoms with Crippen LogP contribution in [-0.2, 0) is 0 Å². The number of hydrogen-bond donors (Lipinski definition) is 1. The molecule has 1 saturated carbocycles. The fourth-order valence-corrected chi connectivity index (χ4v) is 2.35. The molecule has 1 aromatic rings. The van der Waals surface area contributed by atoms with Crippen LogP contribution in [0.3, 0.4) is 0 Å². The predicted octanol–water partition coefficient (Wildman–Crippen LogP) is 2.02. The molecule has 0 atom stereocenters. The molecule has 2 fully saturated rings. The maximum atomic E-state index is 5.82. The number of rotatable bonds is 2. The SMILES string of the molecule is c1nc(C2CNC2)oc1C1CCCC1. The van der Waals surface area contributed by atoms with Gasteiger partial charge in [-0.25, -0.2) is 4.98 Å². The Morgan fingerprint density at radius 2 is 2.00 bits per heavy atom. The van der Waals surface area contributed by atoms with Crippen LogP contribution in [0.25, 0.3) is 0 Å². The summed E-state index contributed by atoms with van der Waals surface area (Å²) in [5.74, 6) is 3.27. The second-order valence-corrected chi connectivity index (χ2v) is 4.44. The Kier molecular flexibility index (Phi) is 2.05. The summed E-state index contributed by atoms with van der Waals surface area (Å²) in [5.41, 5.74) is 0. The first-order valence-electron chi connectivity index (χ1n) is 5.60. The highest BCUT2D eigenvalue weighted by atomic mass is 16.4. The topological polar surface area (TPSA) is 38.1 Å². The molecule has 14 heavy (non-hydrogen) atoms. The molecule has 1 N–H and O–H groups in total. The highest BCUT2D eigenvalue weighted by molar-refractivity contribution is 5.08. The van der Waals surface area contributed by atoms with Crippen LogP contribution in [-0.4, -0.2) is 18.1 Å². The molecule has 0 unspecified atom stereocenters. The van der Waals surface area contributed by atoms with Gasteiger partial charge in [0.15, 0.2) is 5.89 Å². The van der Waals surface area contributed by atoms with Gasteiger partial charge in [-0.1, -0.05) is 12.8 Å². The van der Waals surface area contributed by atoms with Crippen LogP contribution in [0, 0.1) is 0 Å². The Labute approximate surface area is 83.9 Å². The van der Waals surface area contributed by atoms with Crippen molar-refractivity contribution in [3.8, 4) is 0 Å². The third-order valence-corrected chi connectivity index (χ3v) is 3.43. The lowest BCUT2D eigenvalue weighted by atomic mass is 10.0. The number of oxazole rings is 1. The second kappa shape index (κ2) is 3.39. The van der Waals surface area contributed by atoms with E-state index in [9.17, 15) is 0 Å². The fraction of sp³-hybridized carbons (Fsp3) is 0.727. The molecular formula is C11H16N2O. The van der Waals surface area contributed by atoms with Crippen LogP contribution in [0.5, 0.6) is 0 Å². The minimum absolute atomic E-state index is 0.533. The zero-order valence-corrected chi connectivity index (χ0v) is 8.33. The summed E-state index contributed by atoms with van der Waals surface area (Å²) in [6, 6.07) is 0. The van der Waals surface area contributed by atoms with Crippen molar-refractivity contribution in [2.75, 3.05) is 13.1 Å². The fourth-order valence-electron chi connectivity index (χ4n) is 2.35. The molecule has 0 aromatic carbocycles. The maximum absolute atomic E-state index is 5.82. The Morgan fingerprint density at radius 3 is 2.64 bits per heavy atom. The van der Waals surface area contributed by atoms with Crippen LogP contribution in [0.4, 0.5) is 0 Å². The van der Waals surface area contributed by atoms with E-state index >= 15 is 0 Å². The molecule has 0 spiro atoms. The molecule has 3 heteroatoms. The minimum atomic E-state index is 0.533. The van der Waals surface area contributed by atoms with E-state index in [0.717, 1.165) is 24.7 Å². The molecule has 1 aliphatic heterocycles. The van der Waals surface area contributed by atoms with Gasteiger partial charge in [0.05, 0.1) is 12.1 Å². The maximum Gasteiger partial charge on any atom is 0.200 e. The van der Waals surface area contributed by atoms with E-state index in [2.05, 4.69) is 10.3 Å². The molecule has 76 valence electrons. The third kappa shape index (κ3) is 1.36. The van der Waals surface area contributed by atoms with Crippen molar-refractivity contribution in [1.29, 1.82) is 0 Å². The molecule has 3 rings (SSSR count). The average molecular weight is 192 g/mol. The van der Waals surface area contributed by atoms with Gasteiger partial charge >= 0.3 is 0 Å². The molecule has 0 radical (unpaired) electrons. The largest absolute Gasteiger partial charge is 0.445 e. The Morgan fingerprint density at radius 1 is 1.21 bits per heavy atom. The average Bonchev–Trinajstić information content (AvgIpc) is 2.65. The Bertz CT molecular complexity index is 311. The van der Waals surface area contributed by atoms with Gasteiger partial charge in [0, 0.05) is 19.0 Å². The smallest absolute Gasteiger partial charge is 0.200 e. The van der Waals surface area contributed by atoms with Crippen molar-refractivity contribution in [2.24, 2.45) is 0 Å². The van der Waals surface area contributed by atoms with Gasteiger partial charge in [-0.2, -0.15) is 0 Å². The number of hydrogen-bond acceptors (Lipinski definition) is 3. The van der Waals surface area contributed by atoms with E-state index in [4.69, 9.17) is 4.42 Å². The molecule has 3 nitrogen and oxygen atoms in total. The molecular weight excluding hydrogens is 176 g/mol. The lowest BCUT2D eigenvalue weighted by molar-refractivity contribution is 0.336. The van der Waals surface area contributed by atoms with Gasteiger partial charge in [0.2, 0.25) is 0 Å². The summed E-state index contributed by atoms with van der Waals surface area (Å²) < 4.78 is 5.82. The highest BCUT2D eigenvalue weighted by Crippen LogP contribution is 2.35. The quantitative estimate of drug-likeness (QED) is 0.779. The van der Waals surface area contributed by atoms with Crippen LogP contribution >= 0.6 is 0 Å². The monoisotopic (exact) mass is 192 g/mol. The third-order valence-electron chi connectivity index (χ3n) is 3.43. The van der Waals surface area contributed by atoms with Crippen LogP contribution < -0.4 is 5.32 Å². The molecule has 2 heterocycles. The summed E-state index contributed by atoms with van der Waals surface area (Å²) in [4.78, 5) is 4.38. The van der Waals surface area contributed by atoms with Crippen molar-refractivity contribution in [1.82, 2.24) is 10.3 Å². The number of nitrogens with zero attached hydrogens (tertiary/aromatic N) is 1.